The zero-order chi connectivity index (χ0) is 28.7. The van der Waals surface area contributed by atoms with E-state index in [0.29, 0.717) is 17.8 Å². The predicted molar refractivity (Wildman–Crippen MR) is 139 cm³/mol. The highest BCUT2D eigenvalue weighted by Crippen LogP contribution is 2.22. The zero-order valence-corrected chi connectivity index (χ0v) is 21.6. The molecule has 1 atom stereocenters. The van der Waals surface area contributed by atoms with Gasteiger partial charge in [0.25, 0.3) is 11.5 Å². The number of anilines is 2. The number of carbonyl (C=O) groups excluding carboxylic acids is 3. The van der Waals surface area contributed by atoms with Crippen molar-refractivity contribution in [2.75, 3.05) is 11.1 Å². The molecule has 0 spiro atoms. The number of nitrogens with zero attached hydrogens (tertiary/aromatic N) is 3. The molecule has 14 nitrogen and oxygen atoms in total. The van der Waals surface area contributed by atoms with E-state index in [9.17, 15) is 29.1 Å². The lowest BCUT2D eigenvalue weighted by Gasteiger charge is -2.19. The van der Waals surface area contributed by atoms with Crippen molar-refractivity contribution in [3.05, 3.63) is 52.1 Å². The Morgan fingerprint density at radius 2 is 1.85 bits per heavy atom. The van der Waals surface area contributed by atoms with Crippen molar-refractivity contribution in [2.45, 2.75) is 52.6 Å². The quantitative estimate of drug-likeness (QED) is 0.172. The molecule has 0 bridgehead atoms. The summed E-state index contributed by atoms with van der Waals surface area (Å²) in [5, 5.41) is 14.9. The van der Waals surface area contributed by atoms with E-state index in [4.69, 9.17) is 10.5 Å². The number of esters is 2. The molecule has 0 unspecified atom stereocenters. The second-order valence-corrected chi connectivity index (χ2v) is 9.32. The third-order valence-corrected chi connectivity index (χ3v) is 5.99. The van der Waals surface area contributed by atoms with Crippen molar-refractivity contribution in [1.29, 1.82) is 0 Å². The van der Waals surface area contributed by atoms with Crippen molar-refractivity contribution >= 4 is 46.6 Å². The number of amides is 1. The van der Waals surface area contributed by atoms with E-state index in [2.05, 4.69) is 30.6 Å². The van der Waals surface area contributed by atoms with Crippen LogP contribution >= 0.6 is 0 Å². The van der Waals surface area contributed by atoms with E-state index < -0.39 is 40.8 Å². The smallest absolute Gasteiger partial charge is 0.326 e. The topological polar surface area (TPSA) is 219 Å². The number of hydrogen-bond acceptors (Lipinski definition) is 11. The number of rotatable bonds is 11. The molecular formula is C25H29N7O7. The molecule has 1 aromatic carbocycles. The molecule has 3 aromatic rings. The Kier molecular flexibility index (Phi) is 8.91. The maximum absolute atomic E-state index is 12.6. The van der Waals surface area contributed by atoms with E-state index in [1.165, 1.54) is 18.3 Å². The largest absolute Gasteiger partial charge is 0.480 e. The molecule has 2 heterocycles. The van der Waals surface area contributed by atoms with Gasteiger partial charge in [-0.3, -0.25) is 24.2 Å². The number of aromatic nitrogens is 4. The number of hydrogen-bond donors (Lipinski definition) is 5. The second-order valence-electron chi connectivity index (χ2n) is 9.32. The van der Waals surface area contributed by atoms with E-state index >= 15 is 0 Å². The standard InChI is InChI=1S/C25H29N7O7/c1-4-25(2,3)23(38)39-17(33)10-9-16(22(36)37)30-20(34)13-5-7-14(8-6-13)27-11-15-12-28-19-18(29-15)21(35)32-24(26)31-19/h5-8,12,16,27H,4,9-11H2,1-3H3,(H,30,34)(H,36,37)(H3,26,28,31,32,35)/t16-/m0/s1. The van der Waals surface area contributed by atoms with Gasteiger partial charge in [0.15, 0.2) is 11.2 Å². The highest BCUT2D eigenvalue weighted by Gasteiger charge is 2.30. The number of carboxylic acids is 1. The molecule has 39 heavy (non-hydrogen) atoms. The Labute approximate surface area is 222 Å². The first kappa shape index (κ1) is 28.7. The molecule has 6 N–H and O–H groups in total. The SMILES string of the molecule is CCC(C)(C)C(=O)OC(=O)CC[C@H](NC(=O)c1ccc(NCc2cnc3nc(N)[nH]c(=O)c3n2)cc1)C(=O)O. The molecule has 0 aliphatic carbocycles. The summed E-state index contributed by atoms with van der Waals surface area (Å²) in [4.78, 5) is 74.8. The van der Waals surface area contributed by atoms with Crippen LogP contribution in [0.3, 0.4) is 0 Å². The summed E-state index contributed by atoms with van der Waals surface area (Å²) in [6.45, 7) is 5.27. The van der Waals surface area contributed by atoms with E-state index in [1.807, 2.05) is 0 Å². The Bertz CT molecular complexity index is 1450. The summed E-state index contributed by atoms with van der Waals surface area (Å²) in [5.74, 6) is -3.60. The summed E-state index contributed by atoms with van der Waals surface area (Å²) in [7, 11) is 0. The highest BCUT2D eigenvalue weighted by molar-refractivity contribution is 5.97. The molecule has 0 radical (unpaired) electrons. The molecule has 1 amide bonds. The Morgan fingerprint density at radius 3 is 2.49 bits per heavy atom. The van der Waals surface area contributed by atoms with Crippen molar-refractivity contribution in [3.8, 4) is 0 Å². The number of fused-ring (bicyclic) bond motifs is 1. The fourth-order valence-corrected chi connectivity index (χ4v) is 3.19. The summed E-state index contributed by atoms with van der Waals surface area (Å²) in [6, 6.07) is 4.82. The van der Waals surface area contributed by atoms with Crippen LogP contribution in [0.1, 0.15) is 56.1 Å². The molecule has 0 saturated carbocycles. The average Bonchev–Trinajstić information content (AvgIpc) is 2.89. The first-order chi connectivity index (χ1) is 18.4. The molecule has 14 heteroatoms. The van der Waals surface area contributed by atoms with Crippen LogP contribution in [-0.4, -0.2) is 54.9 Å². The van der Waals surface area contributed by atoms with Crippen LogP contribution in [-0.2, 0) is 25.7 Å². The predicted octanol–water partition coefficient (Wildman–Crippen LogP) is 1.38. The van der Waals surface area contributed by atoms with Gasteiger partial charge >= 0.3 is 17.9 Å². The lowest BCUT2D eigenvalue weighted by Crippen LogP contribution is -2.41. The minimum atomic E-state index is -1.36. The summed E-state index contributed by atoms with van der Waals surface area (Å²) in [6.07, 6.45) is 1.30. The summed E-state index contributed by atoms with van der Waals surface area (Å²) >= 11 is 0. The van der Waals surface area contributed by atoms with Gasteiger partial charge < -0.3 is 26.2 Å². The fraction of sp³-hybridized carbons (Fsp3) is 0.360. The van der Waals surface area contributed by atoms with E-state index in [1.54, 1.807) is 32.9 Å². The molecular weight excluding hydrogens is 510 g/mol. The van der Waals surface area contributed by atoms with Crippen LogP contribution in [0.5, 0.6) is 0 Å². The van der Waals surface area contributed by atoms with Gasteiger partial charge in [-0.1, -0.05) is 6.92 Å². The molecule has 0 fully saturated rings. The van der Waals surface area contributed by atoms with Crippen LogP contribution in [0.15, 0.2) is 35.3 Å². The number of H-pyrrole nitrogens is 1. The van der Waals surface area contributed by atoms with Gasteiger partial charge in [-0.25, -0.2) is 14.8 Å². The van der Waals surface area contributed by atoms with Crippen molar-refractivity contribution in [2.24, 2.45) is 5.41 Å². The maximum atomic E-state index is 12.6. The summed E-state index contributed by atoms with van der Waals surface area (Å²) < 4.78 is 4.80. The third-order valence-electron chi connectivity index (χ3n) is 5.99. The minimum Gasteiger partial charge on any atom is -0.480 e. The first-order valence-electron chi connectivity index (χ1n) is 12.0. The Balaban J connectivity index is 1.55. The normalized spacial score (nSPS) is 12.0. The van der Waals surface area contributed by atoms with Crippen LogP contribution in [0.4, 0.5) is 11.6 Å². The number of nitrogens with one attached hydrogen (secondary N) is 3. The Hall–Kier alpha value is -4.88. The van der Waals surface area contributed by atoms with Crippen LogP contribution in [0.25, 0.3) is 11.2 Å². The van der Waals surface area contributed by atoms with Crippen LogP contribution in [0.2, 0.25) is 0 Å². The van der Waals surface area contributed by atoms with Crippen molar-refractivity contribution in [1.82, 2.24) is 25.3 Å². The van der Waals surface area contributed by atoms with Gasteiger partial charge in [-0.2, -0.15) is 4.98 Å². The number of carbonyl (C=O) groups is 4. The van der Waals surface area contributed by atoms with Gasteiger partial charge in [-0.15, -0.1) is 0 Å². The molecule has 0 aliphatic heterocycles. The lowest BCUT2D eigenvalue weighted by atomic mass is 9.91. The zero-order valence-electron chi connectivity index (χ0n) is 21.6. The van der Waals surface area contributed by atoms with Gasteiger partial charge in [0, 0.05) is 17.7 Å². The van der Waals surface area contributed by atoms with Crippen molar-refractivity contribution in [3.63, 3.8) is 0 Å². The highest BCUT2D eigenvalue weighted by atomic mass is 16.6. The van der Waals surface area contributed by atoms with Gasteiger partial charge in [-0.05, 0) is 51.0 Å². The molecule has 206 valence electrons. The molecule has 0 saturated heterocycles. The molecule has 2 aromatic heterocycles. The number of ether oxygens (including phenoxy) is 1. The van der Waals surface area contributed by atoms with Gasteiger partial charge in [0.05, 0.1) is 23.9 Å². The van der Waals surface area contributed by atoms with Crippen molar-refractivity contribution < 1.29 is 29.0 Å². The average molecular weight is 540 g/mol. The number of aromatic amines is 1. The fourth-order valence-electron chi connectivity index (χ4n) is 3.19. The summed E-state index contributed by atoms with van der Waals surface area (Å²) in [5.41, 5.74) is 5.60. The number of carboxylic acid groups (broad SMARTS) is 1. The lowest BCUT2D eigenvalue weighted by molar-refractivity contribution is -0.166. The number of nitrogen functional groups attached to an aromatic ring is 1. The number of aliphatic carboxylic acids is 1. The minimum absolute atomic E-state index is 0.0492. The molecule has 3 rings (SSSR count). The number of nitrogens with two attached hydrogens (primary N) is 1. The monoisotopic (exact) mass is 539 g/mol. The Morgan fingerprint density at radius 1 is 1.15 bits per heavy atom. The van der Waals surface area contributed by atoms with Crippen LogP contribution in [0, 0.1) is 5.41 Å². The van der Waals surface area contributed by atoms with Gasteiger partial charge in [0.1, 0.15) is 6.04 Å². The first-order valence-corrected chi connectivity index (χ1v) is 12.0. The third kappa shape index (κ3) is 7.56. The number of benzene rings is 1. The second kappa shape index (κ2) is 12.1. The maximum Gasteiger partial charge on any atom is 0.326 e. The van der Waals surface area contributed by atoms with Gasteiger partial charge in [0.2, 0.25) is 5.95 Å². The van der Waals surface area contributed by atoms with E-state index in [0.717, 1.165) is 0 Å². The van der Waals surface area contributed by atoms with Crippen LogP contribution < -0.4 is 21.9 Å². The molecule has 0 aliphatic rings. The van der Waals surface area contributed by atoms with E-state index in [-0.39, 0.29) is 42.1 Å².